The monoisotopic (exact) mass is 329 g/mol. The Hall–Kier alpha value is -2.67. The molecule has 2 N–H and O–H groups in total. The number of nitrogens with one attached hydrogen (secondary N) is 1. The fraction of sp³-hybridized carbons (Fsp3) is 0.353. The van der Waals surface area contributed by atoms with Crippen molar-refractivity contribution >= 4 is 17.6 Å². The van der Waals surface area contributed by atoms with Crippen molar-refractivity contribution < 1.29 is 19.4 Å². The number of aromatic nitrogens is 2. The molecule has 0 aliphatic carbocycles. The molecule has 3 rings (SSSR count). The number of carboxylic acids is 1. The predicted octanol–water partition coefficient (Wildman–Crippen LogP) is 2.49. The first-order chi connectivity index (χ1) is 11.6. The third-order valence-corrected chi connectivity index (χ3v) is 4.19. The van der Waals surface area contributed by atoms with Gasteiger partial charge in [0.25, 0.3) is 5.91 Å². The number of aromatic carboxylic acids is 1. The van der Waals surface area contributed by atoms with Gasteiger partial charge in [0, 0.05) is 24.6 Å². The second kappa shape index (κ2) is 6.84. The Labute approximate surface area is 139 Å². The fourth-order valence-electron chi connectivity index (χ4n) is 2.87. The van der Waals surface area contributed by atoms with Gasteiger partial charge < -0.3 is 15.2 Å². The van der Waals surface area contributed by atoms with Crippen molar-refractivity contribution in [1.29, 1.82) is 0 Å². The van der Waals surface area contributed by atoms with Crippen LogP contribution in [-0.4, -0.2) is 40.0 Å². The summed E-state index contributed by atoms with van der Waals surface area (Å²) in [6.45, 7) is 3.27. The third-order valence-electron chi connectivity index (χ3n) is 4.19. The number of hydrogen-bond donors (Lipinski definition) is 2. The lowest BCUT2D eigenvalue weighted by atomic mass is 10.1. The number of ether oxygens (including phenoxy) is 1. The van der Waals surface area contributed by atoms with Crippen LogP contribution in [0.5, 0.6) is 0 Å². The molecule has 0 spiro atoms. The topological polar surface area (TPSA) is 93.5 Å². The van der Waals surface area contributed by atoms with Gasteiger partial charge in [-0.1, -0.05) is 6.07 Å². The van der Waals surface area contributed by atoms with Gasteiger partial charge in [-0.25, -0.2) is 4.79 Å². The van der Waals surface area contributed by atoms with Gasteiger partial charge >= 0.3 is 5.97 Å². The molecule has 24 heavy (non-hydrogen) atoms. The van der Waals surface area contributed by atoms with Crippen molar-refractivity contribution in [3.63, 3.8) is 0 Å². The molecule has 2 aromatic rings. The number of carbonyl (C=O) groups excluding carboxylic acids is 1. The average Bonchev–Trinajstić information content (AvgIpc) is 2.97. The Morgan fingerprint density at radius 3 is 2.79 bits per heavy atom. The number of carbonyl (C=O) groups is 2. The van der Waals surface area contributed by atoms with Crippen LogP contribution >= 0.6 is 0 Å². The number of hydrogen-bond acceptors (Lipinski definition) is 4. The molecule has 0 atom stereocenters. The van der Waals surface area contributed by atoms with E-state index in [0.717, 1.165) is 18.5 Å². The predicted molar refractivity (Wildman–Crippen MR) is 87.4 cm³/mol. The van der Waals surface area contributed by atoms with E-state index >= 15 is 0 Å². The maximum absolute atomic E-state index is 12.5. The minimum Gasteiger partial charge on any atom is -0.478 e. The Balaban J connectivity index is 1.77. The molecule has 1 aromatic heterocycles. The van der Waals surface area contributed by atoms with Gasteiger partial charge in [-0.2, -0.15) is 5.10 Å². The highest BCUT2D eigenvalue weighted by atomic mass is 16.5. The van der Waals surface area contributed by atoms with Crippen LogP contribution in [0.1, 0.15) is 45.3 Å². The molecular formula is C17H19N3O4. The average molecular weight is 329 g/mol. The van der Waals surface area contributed by atoms with Crippen LogP contribution in [0.2, 0.25) is 0 Å². The molecule has 1 fully saturated rings. The molecule has 1 aliphatic heterocycles. The SMILES string of the molecule is Cc1c(C(=O)Nc2cccc(C(=O)O)c2)cnn1C1CCOCC1. The maximum Gasteiger partial charge on any atom is 0.335 e. The normalized spacial score (nSPS) is 15.2. The molecule has 1 aliphatic rings. The van der Waals surface area contributed by atoms with Crippen molar-refractivity contribution in [2.75, 3.05) is 18.5 Å². The molecule has 1 aromatic carbocycles. The molecule has 1 amide bonds. The molecule has 0 saturated carbocycles. The number of anilines is 1. The summed E-state index contributed by atoms with van der Waals surface area (Å²) in [6, 6.07) is 6.40. The quantitative estimate of drug-likeness (QED) is 0.899. The van der Waals surface area contributed by atoms with Gasteiger partial charge in [0.15, 0.2) is 0 Å². The van der Waals surface area contributed by atoms with Gasteiger partial charge in [-0.3, -0.25) is 9.48 Å². The zero-order valence-corrected chi connectivity index (χ0v) is 13.4. The second-order valence-electron chi connectivity index (χ2n) is 5.77. The highest BCUT2D eigenvalue weighted by molar-refractivity contribution is 6.05. The zero-order chi connectivity index (χ0) is 17.1. The Morgan fingerprint density at radius 1 is 1.33 bits per heavy atom. The van der Waals surface area contributed by atoms with E-state index in [4.69, 9.17) is 9.84 Å². The lowest BCUT2D eigenvalue weighted by Gasteiger charge is -2.23. The molecule has 7 heteroatoms. The fourth-order valence-corrected chi connectivity index (χ4v) is 2.87. The zero-order valence-electron chi connectivity index (χ0n) is 13.4. The van der Waals surface area contributed by atoms with Crippen molar-refractivity contribution in [1.82, 2.24) is 9.78 Å². The summed E-state index contributed by atoms with van der Waals surface area (Å²) in [6.07, 6.45) is 3.32. The second-order valence-corrected chi connectivity index (χ2v) is 5.77. The van der Waals surface area contributed by atoms with Crippen LogP contribution in [0.25, 0.3) is 0 Å². The lowest BCUT2D eigenvalue weighted by molar-refractivity contribution is 0.0656. The molecule has 2 heterocycles. The number of carboxylic acid groups (broad SMARTS) is 1. The van der Waals surface area contributed by atoms with Crippen LogP contribution in [0, 0.1) is 6.92 Å². The Bertz CT molecular complexity index is 763. The van der Waals surface area contributed by atoms with E-state index < -0.39 is 5.97 Å². The van der Waals surface area contributed by atoms with E-state index in [0.29, 0.717) is 24.5 Å². The van der Waals surface area contributed by atoms with Crippen molar-refractivity contribution in [2.45, 2.75) is 25.8 Å². The summed E-state index contributed by atoms with van der Waals surface area (Å²) in [5.74, 6) is -1.33. The smallest absolute Gasteiger partial charge is 0.335 e. The summed E-state index contributed by atoms with van der Waals surface area (Å²) < 4.78 is 7.24. The standard InChI is InChI=1S/C17H19N3O4/c1-11-15(10-18-20(11)14-5-7-24-8-6-14)16(21)19-13-4-2-3-12(9-13)17(22)23/h2-4,9-10,14H,5-8H2,1H3,(H,19,21)(H,22,23). The molecule has 126 valence electrons. The first kappa shape index (κ1) is 16.2. The molecule has 0 bridgehead atoms. The number of rotatable bonds is 4. The van der Waals surface area contributed by atoms with E-state index in [9.17, 15) is 9.59 Å². The summed E-state index contributed by atoms with van der Waals surface area (Å²) >= 11 is 0. The van der Waals surface area contributed by atoms with Gasteiger partial charge in [-0.15, -0.1) is 0 Å². The number of amides is 1. The first-order valence-corrected chi connectivity index (χ1v) is 7.83. The van der Waals surface area contributed by atoms with Gasteiger partial charge in [-0.05, 0) is 38.0 Å². The van der Waals surface area contributed by atoms with E-state index in [1.807, 2.05) is 11.6 Å². The van der Waals surface area contributed by atoms with Crippen LogP contribution < -0.4 is 5.32 Å². The van der Waals surface area contributed by atoms with Crippen molar-refractivity contribution in [3.05, 3.63) is 47.3 Å². The number of benzene rings is 1. The van der Waals surface area contributed by atoms with Crippen LogP contribution in [0.15, 0.2) is 30.5 Å². The third kappa shape index (κ3) is 3.30. The highest BCUT2D eigenvalue weighted by Gasteiger charge is 2.22. The summed E-state index contributed by atoms with van der Waals surface area (Å²) in [4.78, 5) is 23.5. The Morgan fingerprint density at radius 2 is 2.08 bits per heavy atom. The van der Waals surface area contributed by atoms with Crippen LogP contribution in [0.4, 0.5) is 5.69 Å². The molecular weight excluding hydrogens is 310 g/mol. The van der Waals surface area contributed by atoms with E-state index in [1.165, 1.54) is 12.1 Å². The summed E-state index contributed by atoms with van der Waals surface area (Å²) in [5, 5.41) is 16.1. The lowest BCUT2D eigenvalue weighted by Crippen LogP contribution is -2.22. The molecule has 7 nitrogen and oxygen atoms in total. The van der Waals surface area contributed by atoms with Crippen LogP contribution in [0.3, 0.4) is 0 Å². The molecule has 0 radical (unpaired) electrons. The molecule has 1 saturated heterocycles. The Kier molecular flexibility index (Phi) is 4.61. The first-order valence-electron chi connectivity index (χ1n) is 7.83. The van der Waals surface area contributed by atoms with Crippen molar-refractivity contribution in [2.24, 2.45) is 0 Å². The van der Waals surface area contributed by atoms with E-state index in [2.05, 4.69) is 10.4 Å². The van der Waals surface area contributed by atoms with Gasteiger partial charge in [0.05, 0.1) is 23.4 Å². The van der Waals surface area contributed by atoms with Gasteiger partial charge in [0.2, 0.25) is 0 Å². The summed E-state index contributed by atoms with van der Waals surface area (Å²) in [7, 11) is 0. The summed E-state index contributed by atoms with van der Waals surface area (Å²) in [5.41, 5.74) is 1.86. The maximum atomic E-state index is 12.5. The number of nitrogens with zero attached hydrogens (tertiary/aromatic N) is 2. The minimum atomic E-state index is -1.03. The van der Waals surface area contributed by atoms with Gasteiger partial charge in [0.1, 0.15) is 0 Å². The largest absolute Gasteiger partial charge is 0.478 e. The minimum absolute atomic E-state index is 0.127. The highest BCUT2D eigenvalue weighted by Crippen LogP contribution is 2.23. The van der Waals surface area contributed by atoms with Crippen LogP contribution in [-0.2, 0) is 4.74 Å². The molecule has 0 unspecified atom stereocenters. The van der Waals surface area contributed by atoms with E-state index in [-0.39, 0.29) is 17.5 Å². The van der Waals surface area contributed by atoms with E-state index in [1.54, 1.807) is 18.3 Å². The van der Waals surface area contributed by atoms with Crippen molar-refractivity contribution in [3.8, 4) is 0 Å².